The second kappa shape index (κ2) is 7.05. The molecule has 0 radical (unpaired) electrons. The Labute approximate surface area is 134 Å². The van der Waals surface area contributed by atoms with Crippen LogP contribution in [0.15, 0.2) is 35.1 Å². The summed E-state index contributed by atoms with van der Waals surface area (Å²) in [6.45, 7) is 6.61. The summed E-state index contributed by atoms with van der Waals surface area (Å²) in [7, 11) is 0. The normalized spacial score (nSPS) is 12.2. The molecule has 112 valence electrons. The molecule has 0 saturated heterocycles. The lowest BCUT2D eigenvalue weighted by Gasteiger charge is -2.16. The van der Waals surface area contributed by atoms with E-state index in [9.17, 15) is 0 Å². The van der Waals surface area contributed by atoms with E-state index in [1.807, 2.05) is 26.2 Å². The zero-order valence-electron chi connectivity index (χ0n) is 12.7. The highest BCUT2D eigenvalue weighted by molar-refractivity contribution is 9.10. The molecule has 21 heavy (non-hydrogen) atoms. The minimum atomic E-state index is 0.0988. The van der Waals surface area contributed by atoms with Crippen molar-refractivity contribution >= 4 is 15.9 Å². The average Bonchev–Trinajstić information content (AvgIpc) is 2.36. The minimum absolute atomic E-state index is 0.0988. The van der Waals surface area contributed by atoms with Crippen molar-refractivity contribution in [1.82, 2.24) is 4.98 Å². The summed E-state index contributed by atoms with van der Waals surface area (Å²) in [4.78, 5) is 4.20. The van der Waals surface area contributed by atoms with E-state index < -0.39 is 0 Å². The van der Waals surface area contributed by atoms with Gasteiger partial charge in [0, 0.05) is 28.5 Å². The number of nitrogens with two attached hydrogens (primary N) is 1. The second-order valence-electron chi connectivity index (χ2n) is 5.55. The van der Waals surface area contributed by atoms with Gasteiger partial charge in [0.25, 0.3) is 0 Å². The molecular formula is C17H21BrN2O. The lowest BCUT2D eigenvalue weighted by atomic mass is 10.0. The molecule has 1 aromatic heterocycles. The zero-order valence-corrected chi connectivity index (χ0v) is 14.3. The van der Waals surface area contributed by atoms with Gasteiger partial charge in [-0.25, -0.2) is 0 Å². The Morgan fingerprint density at radius 2 is 2.00 bits per heavy atom. The van der Waals surface area contributed by atoms with Gasteiger partial charge >= 0.3 is 0 Å². The first kappa shape index (κ1) is 16.0. The molecule has 0 aliphatic carbocycles. The van der Waals surface area contributed by atoms with Crippen molar-refractivity contribution in [1.29, 1.82) is 0 Å². The van der Waals surface area contributed by atoms with Gasteiger partial charge in [0.05, 0.1) is 0 Å². The Balaban J connectivity index is 2.22. The van der Waals surface area contributed by atoms with Gasteiger partial charge in [0.15, 0.2) is 0 Å². The van der Waals surface area contributed by atoms with Crippen LogP contribution in [0.1, 0.15) is 29.2 Å². The fourth-order valence-electron chi connectivity index (χ4n) is 2.36. The van der Waals surface area contributed by atoms with Crippen LogP contribution in [0.2, 0.25) is 0 Å². The SMILES string of the molecule is Cc1cncc(COc2c(C)cc(Br)cc2CC(C)N)c1. The molecule has 1 heterocycles. The number of halogens is 1. The molecule has 3 nitrogen and oxygen atoms in total. The number of nitrogens with zero attached hydrogens (tertiary/aromatic N) is 1. The maximum atomic E-state index is 6.05. The van der Waals surface area contributed by atoms with Crippen LogP contribution in [0.25, 0.3) is 0 Å². The second-order valence-corrected chi connectivity index (χ2v) is 6.47. The predicted octanol–water partition coefficient (Wildman–Crippen LogP) is 3.93. The Hall–Kier alpha value is -1.39. The van der Waals surface area contributed by atoms with E-state index in [1.165, 1.54) is 0 Å². The number of hydrogen-bond acceptors (Lipinski definition) is 3. The van der Waals surface area contributed by atoms with Crippen LogP contribution < -0.4 is 10.5 Å². The van der Waals surface area contributed by atoms with E-state index in [1.54, 1.807) is 0 Å². The Kier molecular flexibility index (Phi) is 5.37. The summed E-state index contributed by atoms with van der Waals surface area (Å²) in [5, 5.41) is 0. The molecule has 4 heteroatoms. The van der Waals surface area contributed by atoms with Crippen LogP contribution in [0.5, 0.6) is 5.75 Å². The van der Waals surface area contributed by atoms with E-state index in [0.717, 1.165) is 38.9 Å². The molecule has 2 rings (SSSR count). The monoisotopic (exact) mass is 348 g/mol. The summed E-state index contributed by atoms with van der Waals surface area (Å²) >= 11 is 3.54. The fourth-order valence-corrected chi connectivity index (χ4v) is 2.98. The van der Waals surface area contributed by atoms with Gasteiger partial charge in [-0.2, -0.15) is 0 Å². The highest BCUT2D eigenvalue weighted by Crippen LogP contribution is 2.29. The van der Waals surface area contributed by atoms with Crippen LogP contribution in [-0.2, 0) is 13.0 Å². The third kappa shape index (κ3) is 4.55. The molecule has 0 bridgehead atoms. The lowest BCUT2D eigenvalue weighted by molar-refractivity contribution is 0.299. The molecule has 0 spiro atoms. The molecule has 0 aliphatic heterocycles. The summed E-state index contributed by atoms with van der Waals surface area (Å²) in [5.74, 6) is 0.928. The number of pyridine rings is 1. The van der Waals surface area contributed by atoms with Crippen molar-refractivity contribution in [3.05, 3.63) is 57.3 Å². The van der Waals surface area contributed by atoms with E-state index in [2.05, 4.69) is 46.0 Å². The van der Waals surface area contributed by atoms with Gasteiger partial charge in [-0.1, -0.05) is 15.9 Å². The maximum Gasteiger partial charge on any atom is 0.126 e. The number of hydrogen-bond donors (Lipinski definition) is 1. The number of aryl methyl sites for hydroxylation is 2. The summed E-state index contributed by atoms with van der Waals surface area (Å²) < 4.78 is 7.10. The molecule has 0 amide bonds. The number of aromatic nitrogens is 1. The smallest absolute Gasteiger partial charge is 0.126 e. The molecule has 0 fully saturated rings. The molecule has 1 atom stereocenters. The number of benzene rings is 1. The highest BCUT2D eigenvalue weighted by atomic mass is 79.9. The molecule has 0 aliphatic rings. The Morgan fingerprint density at radius 3 is 2.67 bits per heavy atom. The predicted molar refractivity (Wildman–Crippen MR) is 89.5 cm³/mol. The standard InChI is InChI=1S/C17H21BrN2O/c1-11-4-14(9-20-8-11)10-21-17-12(2)5-16(18)7-15(17)6-13(3)19/h4-5,7-9,13H,6,10,19H2,1-3H3. The van der Waals surface area contributed by atoms with E-state index in [-0.39, 0.29) is 6.04 Å². The summed E-state index contributed by atoms with van der Waals surface area (Å²) in [6.07, 6.45) is 4.48. The molecular weight excluding hydrogens is 328 g/mol. The Bertz CT molecular complexity index is 626. The molecule has 2 aromatic rings. The lowest BCUT2D eigenvalue weighted by Crippen LogP contribution is -2.18. The zero-order chi connectivity index (χ0) is 15.4. The molecule has 1 aromatic carbocycles. The third-order valence-electron chi connectivity index (χ3n) is 3.17. The largest absolute Gasteiger partial charge is 0.488 e. The third-order valence-corrected chi connectivity index (χ3v) is 3.63. The first-order chi connectivity index (χ1) is 9.95. The van der Waals surface area contributed by atoms with Crippen LogP contribution in [0.4, 0.5) is 0 Å². The van der Waals surface area contributed by atoms with E-state index >= 15 is 0 Å². The van der Waals surface area contributed by atoms with Crippen molar-refractivity contribution in [3.63, 3.8) is 0 Å². The summed E-state index contributed by atoms with van der Waals surface area (Å²) in [5.41, 5.74) is 10.4. The van der Waals surface area contributed by atoms with Crippen molar-refractivity contribution in [2.75, 3.05) is 0 Å². The first-order valence-electron chi connectivity index (χ1n) is 7.03. The number of rotatable bonds is 5. The van der Waals surface area contributed by atoms with Crippen LogP contribution in [-0.4, -0.2) is 11.0 Å². The van der Waals surface area contributed by atoms with Crippen molar-refractivity contribution < 1.29 is 4.74 Å². The molecule has 1 unspecified atom stereocenters. The molecule has 0 saturated carbocycles. The van der Waals surface area contributed by atoms with E-state index in [4.69, 9.17) is 10.5 Å². The maximum absolute atomic E-state index is 6.05. The fraction of sp³-hybridized carbons (Fsp3) is 0.353. The average molecular weight is 349 g/mol. The quantitative estimate of drug-likeness (QED) is 0.890. The van der Waals surface area contributed by atoms with Gasteiger partial charge in [-0.3, -0.25) is 4.98 Å². The number of ether oxygens (including phenoxy) is 1. The van der Waals surface area contributed by atoms with E-state index in [0.29, 0.717) is 6.61 Å². The first-order valence-corrected chi connectivity index (χ1v) is 7.83. The molecule has 2 N–H and O–H groups in total. The van der Waals surface area contributed by atoms with Crippen LogP contribution >= 0.6 is 15.9 Å². The minimum Gasteiger partial charge on any atom is -0.488 e. The van der Waals surface area contributed by atoms with Crippen molar-refractivity contribution in [2.45, 2.75) is 39.8 Å². The van der Waals surface area contributed by atoms with Gasteiger partial charge < -0.3 is 10.5 Å². The van der Waals surface area contributed by atoms with Gasteiger partial charge in [-0.05, 0) is 62.1 Å². The van der Waals surface area contributed by atoms with Crippen LogP contribution in [0.3, 0.4) is 0 Å². The van der Waals surface area contributed by atoms with Gasteiger partial charge in [-0.15, -0.1) is 0 Å². The van der Waals surface area contributed by atoms with Crippen molar-refractivity contribution in [2.24, 2.45) is 5.73 Å². The topological polar surface area (TPSA) is 48.1 Å². The summed E-state index contributed by atoms with van der Waals surface area (Å²) in [6, 6.07) is 6.34. The highest BCUT2D eigenvalue weighted by Gasteiger charge is 2.11. The van der Waals surface area contributed by atoms with Gasteiger partial charge in [0.1, 0.15) is 12.4 Å². The Morgan fingerprint density at radius 1 is 1.24 bits per heavy atom. The van der Waals surface area contributed by atoms with Crippen LogP contribution in [0, 0.1) is 13.8 Å². The van der Waals surface area contributed by atoms with Gasteiger partial charge in [0.2, 0.25) is 0 Å². The van der Waals surface area contributed by atoms with Crippen molar-refractivity contribution in [3.8, 4) is 5.75 Å².